The van der Waals surface area contributed by atoms with E-state index in [0.717, 1.165) is 5.39 Å². The van der Waals surface area contributed by atoms with Gasteiger partial charge in [-0.3, -0.25) is 4.79 Å². The van der Waals surface area contributed by atoms with E-state index in [9.17, 15) is 9.59 Å². The number of carbonyl (C=O) groups excluding carboxylic acids is 1. The molecule has 0 radical (unpaired) electrons. The Hall–Kier alpha value is -4.72. The van der Waals surface area contributed by atoms with Crippen LogP contribution in [-0.4, -0.2) is 35.1 Å². The zero-order valence-electron chi connectivity index (χ0n) is 19.0. The highest BCUT2D eigenvalue weighted by Gasteiger charge is 2.18. The summed E-state index contributed by atoms with van der Waals surface area (Å²) >= 11 is 0. The molecular formula is C27H21N3O5. The highest BCUT2D eigenvalue weighted by Crippen LogP contribution is 2.27. The third-order valence-corrected chi connectivity index (χ3v) is 5.47. The van der Waals surface area contributed by atoms with Gasteiger partial charge in [-0.15, -0.1) is 0 Å². The van der Waals surface area contributed by atoms with Crippen LogP contribution < -0.4 is 10.3 Å². The molecule has 174 valence electrons. The van der Waals surface area contributed by atoms with Gasteiger partial charge in [0.25, 0.3) is 5.56 Å². The first kappa shape index (κ1) is 22.1. The molecule has 0 aliphatic rings. The summed E-state index contributed by atoms with van der Waals surface area (Å²) in [5.74, 6) is 0.595. The summed E-state index contributed by atoms with van der Waals surface area (Å²) in [6.45, 7) is 1.59. The van der Waals surface area contributed by atoms with Crippen LogP contribution in [0.4, 0.5) is 0 Å². The van der Waals surface area contributed by atoms with E-state index < -0.39 is 12.1 Å². The summed E-state index contributed by atoms with van der Waals surface area (Å²) in [6, 6.07) is 23.5. The molecule has 0 aliphatic heterocycles. The molecule has 0 bridgehead atoms. The van der Waals surface area contributed by atoms with Gasteiger partial charge < -0.3 is 13.9 Å². The molecule has 0 amide bonds. The van der Waals surface area contributed by atoms with Crippen LogP contribution >= 0.6 is 0 Å². The van der Waals surface area contributed by atoms with Gasteiger partial charge in [0.15, 0.2) is 11.9 Å². The number of nitrogens with zero attached hydrogens (tertiary/aromatic N) is 3. The van der Waals surface area contributed by atoms with Gasteiger partial charge in [-0.25, -0.2) is 9.78 Å². The number of fused-ring (bicyclic) bond motifs is 2. The van der Waals surface area contributed by atoms with E-state index in [0.29, 0.717) is 33.6 Å². The summed E-state index contributed by atoms with van der Waals surface area (Å²) in [5, 5.41) is 5.78. The zero-order chi connectivity index (χ0) is 24.4. The number of aromatic nitrogens is 2. The van der Waals surface area contributed by atoms with E-state index in [4.69, 9.17) is 13.9 Å². The number of para-hydroxylation sites is 3. The van der Waals surface area contributed by atoms with Crippen molar-refractivity contribution in [3.63, 3.8) is 0 Å². The van der Waals surface area contributed by atoms with Gasteiger partial charge in [-0.05, 0) is 43.3 Å². The van der Waals surface area contributed by atoms with E-state index in [-0.39, 0.29) is 11.4 Å². The first-order chi connectivity index (χ1) is 17.0. The maximum atomic E-state index is 13.4. The molecule has 2 heterocycles. The van der Waals surface area contributed by atoms with E-state index in [2.05, 4.69) is 10.1 Å². The molecule has 0 unspecified atom stereocenters. The van der Waals surface area contributed by atoms with Crippen molar-refractivity contribution in [3.05, 3.63) is 94.8 Å². The predicted molar refractivity (Wildman–Crippen MR) is 133 cm³/mol. The van der Waals surface area contributed by atoms with Crippen molar-refractivity contribution in [1.29, 1.82) is 0 Å². The molecule has 8 nitrogen and oxygen atoms in total. The van der Waals surface area contributed by atoms with Crippen LogP contribution in [0.25, 0.3) is 33.5 Å². The maximum absolute atomic E-state index is 13.4. The normalized spacial score (nSPS) is 12.3. The minimum Gasteiger partial charge on any atom is -0.478 e. The fourth-order valence-electron chi connectivity index (χ4n) is 3.70. The highest BCUT2D eigenvalue weighted by atomic mass is 16.6. The first-order valence-electron chi connectivity index (χ1n) is 10.9. The zero-order valence-corrected chi connectivity index (χ0v) is 19.0. The van der Waals surface area contributed by atoms with Gasteiger partial charge in [-0.1, -0.05) is 42.5 Å². The number of hydrogen-bond donors (Lipinski definition) is 0. The molecule has 1 atom stereocenters. The second kappa shape index (κ2) is 9.26. The van der Waals surface area contributed by atoms with E-state index in [1.54, 1.807) is 49.4 Å². The lowest BCUT2D eigenvalue weighted by Gasteiger charge is -2.14. The fourth-order valence-corrected chi connectivity index (χ4v) is 3.70. The molecule has 8 heteroatoms. The first-order valence-corrected chi connectivity index (χ1v) is 10.9. The number of ether oxygens (including phenoxy) is 2. The minimum absolute atomic E-state index is 0.266. The molecule has 0 saturated heterocycles. The minimum atomic E-state index is -0.814. The van der Waals surface area contributed by atoms with Gasteiger partial charge in [0.1, 0.15) is 11.3 Å². The topological polar surface area (TPSA) is 95.9 Å². The summed E-state index contributed by atoms with van der Waals surface area (Å²) in [6.07, 6.45) is 0.675. The van der Waals surface area contributed by atoms with Crippen molar-refractivity contribution >= 4 is 34.1 Å². The SMILES string of the molecule is COC(=O)[C@H](C)Oc1ccccc1C=Nn1c(-c2cc3ccccc3o2)nc2ccccc2c1=O. The molecule has 5 aromatic rings. The Kier molecular flexibility index (Phi) is 5.85. The fraction of sp³-hybridized carbons (Fsp3) is 0.111. The number of rotatable bonds is 6. The van der Waals surface area contributed by atoms with Crippen LogP contribution in [0.2, 0.25) is 0 Å². The second-order valence-corrected chi connectivity index (χ2v) is 7.78. The van der Waals surface area contributed by atoms with E-state index in [1.807, 2.05) is 36.4 Å². The number of benzene rings is 3. The maximum Gasteiger partial charge on any atom is 0.346 e. The van der Waals surface area contributed by atoms with Crippen LogP contribution in [0.5, 0.6) is 5.75 Å². The molecule has 2 aromatic heterocycles. The lowest BCUT2D eigenvalue weighted by Crippen LogP contribution is -2.25. The predicted octanol–water partition coefficient (Wildman–Crippen LogP) is 4.63. The number of carbonyl (C=O) groups is 1. The Bertz CT molecular complexity index is 1600. The lowest BCUT2D eigenvalue weighted by atomic mass is 10.2. The highest BCUT2D eigenvalue weighted by molar-refractivity contribution is 5.86. The van der Waals surface area contributed by atoms with E-state index in [1.165, 1.54) is 18.0 Å². The number of hydrogen-bond acceptors (Lipinski definition) is 7. The van der Waals surface area contributed by atoms with Crippen LogP contribution in [0.1, 0.15) is 12.5 Å². The van der Waals surface area contributed by atoms with Crippen molar-refractivity contribution in [2.45, 2.75) is 13.0 Å². The van der Waals surface area contributed by atoms with Gasteiger partial charge in [0.05, 0.1) is 24.2 Å². The summed E-state index contributed by atoms with van der Waals surface area (Å²) in [5.41, 5.74) is 1.44. The van der Waals surface area contributed by atoms with Gasteiger partial charge in [-0.2, -0.15) is 9.78 Å². The number of furan rings is 1. The molecule has 0 fully saturated rings. The Morgan fingerprint density at radius 1 is 1.06 bits per heavy atom. The van der Waals surface area contributed by atoms with E-state index >= 15 is 0 Å². The average Bonchev–Trinajstić information content (AvgIpc) is 3.32. The molecule has 0 saturated carbocycles. The van der Waals surface area contributed by atoms with Crippen LogP contribution in [-0.2, 0) is 9.53 Å². The third-order valence-electron chi connectivity index (χ3n) is 5.47. The van der Waals surface area contributed by atoms with Crippen molar-refractivity contribution in [3.8, 4) is 17.3 Å². The largest absolute Gasteiger partial charge is 0.478 e. The molecule has 35 heavy (non-hydrogen) atoms. The monoisotopic (exact) mass is 467 g/mol. The Morgan fingerprint density at radius 2 is 1.80 bits per heavy atom. The smallest absolute Gasteiger partial charge is 0.346 e. The van der Waals surface area contributed by atoms with Crippen molar-refractivity contribution in [2.75, 3.05) is 7.11 Å². The van der Waals surface area contributed by atoms with Gasteiger partial charge in [0, 0.05) is 10.9 Å². The summed E-state index contributed by atoms with van der Waals surface area (Å²) < 4.78 is 17.7. The van der Waals surface area contributed by atoms with Gasteiger partial charge >= 0.3 is 5.97 Å². The summed E-state index contributed by atoms with van der Waals surface area (Å²) in [7, 11) is 1.30. The second-order valence-electron chi connectivity index (χ2n) is 7.78. The summed E-state index contributed by atoms with van der Waals surface area (Å²) in [4.78, 5) is 29.9. The molecule has 0 spiro atoms. The quantitative estimate of drug-likeness (QED) is 0.267. The molecule has 3 aromatic carbocycles. The lowest BCUT2D eigenvalue weighted by molar-refractivity contribution is -0.147. The molecule has 0 N–H and O–H groups in total. The Labute approximate surface area is 200 Å². The molecule has 0 aliphatic carbocycles. The Morgan fingerprint density at radius 3 is 2.63 bits per heavy atom. The number of esters is 1. The van der Waals surface area contributed by atoms with Crippen molar-refractivity contribution in [1.82, 2.24) is 9.66 Å². The van der Waals surface area contributed by atoms with Crippen molar-refractivity contribution < 1.29 is 18.7 Å². The average molecular weight is 467 g/mol. The standard InChI is InChI=1S/C27H21N3O5/c1-17(27(32)33-2)34-23-14-8-4-10-19(23)16-28-30-25(24-15-18-9-3-7-13-22(18)35-24)29-21-12-6-5-11-20(21)26(30)31/h3-17H,1-2H3/t17-/m0/s1. The molecular weight excluding hydrogens is 446 g/mol. The van der Waals surface area contributed by atoms with Crippen molar-refractivity contribution in [2.24, 2.45) is 5.10 Å². The Balaban J connectivity index is 1.63. The third kappa shape index (κ3) is 4.29. The number of methoxy groups -OCH3 is 1. The van der Waals surface area contributed by atoms with Crippen LogP contribution in [0.3, 0.4) is 0 Å². The molecule has 5 rings (SSSR count). The van der Waals surface area contributed by atoms with Crippen LogP contribution in [0.15, 0.2) is 93.2 Å². The van der Waals surface area contributed by atoms with Crippen LogP contribution in [0, 0.1) is 0 Å². The van der Waals surface area contributed by atoms with Gasteiger partial charge in [0.2, 0.25) is 5.82 Å².